The van der Waals surface area contributed by atoms with Crippen molar-refractivity contribution in [3.63, 3.8) is 0 Å². The molecule has 0 amide bonds. The molecule has 9 heteroatoms. The largest absolute Gasteiger partial charge is 0.346 e. The van der Waals surface area contributed by atoms with E-state index >= 15 is 0 Å². The van der Waals surface area contributed by atoms with Gasteiger partial charge in [-0.05, 0) is 6.92 Å². The third kappa shape index (κ3) is 2.56. The maximum atomic E-state index is 5.20. The van der Waals surface area contributed by atoms with Crippen molar-refractivity contribution in [2.45, 2.75) is 6.92 Å². The van der Waals surface area contributed by atoms with Crippen molar-refractivity contribution in [1.29, 1.82) is 0 Å². The number of nitrogens with zero attached hydrogens (tertiary/aromatic N) is 3. The highest BCUT2D eigenvalue weighted by molar-refractivity contribution is 7.67. The minimum Gasteiger partial charge on any atom is -0.310 e. The highest BCUT2D eigenvalue weighted by Crippen LogP contribution is 2.68. The molecule has 1 rings (SSSR count). The van der Waals surface area contributed by atoms with E-state index in [-0.39, 0.29) is 0 Å². The molecule has 0 unspecified atom stereocenters. The van der Waals surface area contributed by atoms with Crippen LogP contribution in [0.25, 0.3) is 0 Å². The summed E-state index contributed by atoms with van der Waals surface area (Å²) in [4.78, 5) is 0. The van der Waals surface area contributed by atoms with Crippen LogP contribution >= 0.6 is 15.3 Å². The predicted molar refractivity (Wildman–Crippen MR) is 59.8 cm³/mol. The predicted octanol–water partition coefficient (Wildman–Crippen LogP) is 2.90. The first-order valence-corrected chi connectivity index (χ1v) is 7.17. The van der Waals surface area contributed by atoms with Crippen LogP contribution in [0, 0.1) is 0 Å². The Hall–Kier alpha value is -0.0300. The van der Waals surface area contributed by atoms with Gasteiger partial charge < -0.3 is 18.1 Å². The molecule has 88 valence electrons. The first-order valence-electron chi connectivity index (χ1n) is 4.11. The lowest BCUT2D eigenvalue weighted by Gasteiger charge is -2.24. The summed E-state index contributed by atoms with van der Waals surface area (Å²) in [7, 11) is 0.668. The van der Waals surface area contributed by atoms with Gasteiger partial charge in [0.15, 0.2) is 0 Å². The van der Waals surface area contributed by atoms with E-state index in [0.29, 0.717) is 5.84 Å². The molecule has 0 N–H and O–H groups in total. The van der Waals surface area contributed by atoms with Crippen LogP contribution in [0.2, 0.25) is 0 Å². The molecule has 0 aromatic heterocycles. The number of rotatable bonds is 4. The average Bonchev–Trinajstić information content (AvgIpc) is 2.28. The molecule has 0 aliphatic carbocycles. The number of hydrogen-bond donors (Lipinski definition) is 0. The Kier molecular flexibility index (Phi) is 4.23. The van der Waals surface area contributed by atoms with Gasteiger partial charge in [0.25, 0.3) is 0 Å². The molecule has 1 aliphatic rings. The molecule has 0 radical (unpaired) electrons. The highest BCUT2D eigenvalue weighted by atomic mass is 31.2. The van der Waals surface area contributed by atoms with Gasteiger partial charge in [-0.2, -0.15) is 9.51 Å². The van der Waals surface area contributed by atoms with Gasteiger partial charge >= 0.3 is 15.3 Å². The maximum Gasteiger partial charge on any atom is 0.346 e. The van der Waals surface area contributed by atoms with Crippen molar-refractivity contribution < 1.29 is 18.1 Å². The van der Waals surface area contributed by atoms with E-state index < -0.39 is 15.3 Å². The molecular weight excluding hydrogens is 240 g/mol. The van der Waals surface area contributed by atoms with Gasteiger partial charge in [0, 0.05) is 28.4 Å². The van der Waals surface area contributed by atoms with Gasteiger partial charge in [0.1, 0.15) is 5.84 Å². The second kappa shape index (κ2) is 4.87. The van der Waals surface area contributed by atoms with Crippen LogP contribution in [0.5, 0.6) is 0 Å². The lowest BCUT2D eigenvalue weighted by Crippen LogP contribution is -1.99. The summed E-state index contributed by atoms with van der Waals surface area (Å²) in [5, 5.41) is 0. The summed E-state index contributed by atoms with van der Waals surface area (Å²) in [6.07, 6.45) is 0. The van der Waals surface area contributed by atoms with E-state index in [1.54, 1.807) is 6.92 Å². The topological polar surface area (TPSA) is 74.0 Å². The van der Waals surface area contributed by atoms with Crippen LogP contribution < -0.4 is 0 Å². The first-order chi connectivity index (χ1) is 7.05. The molecular formula is C6H15N3O4P2. The fraction of sp³-hybridized carbons (Fsp3) is 0.833. The molecule has 7 nitrogen and oxygen atoms in total. The molecule has 1 aliphatic heterocycles. The van der Waals surface area contributed by atoms with Crippen LogP contribution in [0.15, 0.2) is 14.0 Å². The molecule has 0 fully saturated rings. The molecule has 0 atom stereocenters. The third-order valence-corrected chi connectivity index (χ3v) is 6.52. The van der Waals surface area contributed by atoms with Crippen molar-refractivity contribution in [3.05, 3.63) is 0 Å². The second-order valence-electron chi connectivity index (χ2n) is 2.55. The summed E-state index contributed by atoms with van der Waals surface area (Å²) < 4.78 is 33.4. The Labute approximate surface area is 89.3 Å². The van der Waals surface area contributed by atoms with Gasteiger partial charge in [0.2, 0.25) is 0 Å². The van der Waals surface area contributed by atoms with Gasteiger partial charge in [-0.25, -0.2) is 0 Å². The third-order valence-electron chi connectivity index (χ3n) is 1.72. The zero-order valence-corrected chi connectivity index (χ0v) is 11.2. The van der Waals surface area contributed by atoms with Gasteiger partial charge in [-0.15, -0.1) is 4.52 Å². The summed E-state index contributed by atoms with van der Waals surface area (Å²) in [6.45, 7) is 1.73. The van der Waals surface area contributed by atoms with Crippen molar-refractivity contribution in [3.8, 4) is 0 Å². The lowest BCUT2D eigenvalue weighted by molar-refractivity contribution is 0.313. The minimum absolute atomic E-state index is 0.513. The molecule has 1 heterocycles. The van der Waals surface area contributed by atoms with Crippen LogP contribution in [-0.2, 0) is 18.1 Å². The van der Waals surface area contributed by atoms with Gasteiger partial charge in [-0.1, -0.05) is 0 Å². The standard InChI is InChI=1S/C6H15N3O4P2/c1-6-7-14(10-2,11-3)9-15(8-6,12-4)13-5/h1-5H3. The molecule has 0 aromatic carbocycles. The van der Waals surface area contributed by atoms with Crippen LogP contribution in [0.3, 0.4) is 0 Å². The number of hydrogen-bond acceptors (Lipinski definition) is 7. The summed E-state index contributed by atoms with van der Waals surface area (Å²) in [5.41, 5.74) is 0. The van der Waals surface area contributed by atoms with E-state index in [0.717, 1.165) is 0 Å². The smallest absolute Gasteiger partial charge is 0.310 e. The second-order valence-corrected chi connectivity index (χ2v) is 7.09. The monoisotopic (exact) mass is 255 g/mol. The van der Waals surface area contributed by atoms with Crippen molar-refractivity contribution in [2.75, 3.05) is 28.4 Å². The summed E-state index contributed by atoms with van der Waals surface area (Å²) in [6, 6.07) is 0. The zero-order valence-electron chi connectivity index (χ0n) is 9.37. The van der Waals surface area contributed by atoms with Gasteiger partial charge in [0.05, 0.1) is 0 Å². The first kappa shape index (κ1) is 13.0. The molecule has 0 spiro atoms. The van der Waals surface area contributed by atoms with Crippen molar-refractivity contribution in [1.82, 2.24) is 0 Å². The minimum atomic E-state index is -2.64. The Balaban J connectivity index is 3.36. The van der Waals surface area contributed by atoms with Crippen LogP contribution in [-0.4, -0.2) is 34.3 Å². The average molecular weight is 255 g/mol. The van der Waals surface area contributed by atoms with Gasteiger partial charge in [-0.3, -0.25) is 0 Å². The van der Waals surface area contributed by atoms with E-state index in [4.69, 9.17) is 18.1 Å². The maximum absolute atomic E-state index is 5.20. The Morgan fingerprint density at radius 2 is 1.33 bits per heavy atom. The van der Waals surface area contributed by atoms with E-state index in [9.17, 15) is 0 Å². The fourth-order valence-electron chi connectivity index (χ4n) is 1.03. The molecule has 0 saturated heterocycles. The summed E-state index contributed by atoms with van der Waals surface area (Å²) >= 11 is 0. The van der Waals surface area contributed by atoms with Crippen LogP contribution in [0.4, 0.5) is 0 Å². The normalized spacial score (nSPS) is 22.6. The Morgan fingerprint density at radius 1 is 0.867 bits per heavy atom. The molecule has 15 heavy (non-hydrogen) atoms. The molecule has 0 aromatic rings. The van der Waals surface area contributed by atoms with Crippen molar-refractivity contribution in [2.24, 2.45) is 14.0 Å². The number of amidine groups is 1. The van der Waals surface area contributed by atoms with E-state index in [1.807, 2.05) is 0 Å². The molecule has 0 bridgehead atoms. The van der Waals surface area contributed by atoms with Crippen LogP contribution in [0.1, 0.15) is 6.92 Å². The fourth-order valence-corrected chi connectivity index (χ4v) is 5.17. The Bertz CT molecular complexity index is 351. The zero-order chi connectivity index (χ0) is 11.5. The highest BCUT2D eigenvalue weighted by Gasteiger charge is 2.31. The lowest BCUT2D eigenvalue weighted by atomic mass is 10.8. The van der Waals surface area contributed by atoms with Crippen molar-refractivity contribution >= 4 is 21.2 Å². The SMILES string of the molecule is COP1(OC)=NC(C)=NP(OC)(OC)=N1. The summed E-state index contributed by atoms with van der Waals surface area (Å²) in [5.74, 6) is 0.513. The van der Waals surface area contributed by atoms with E-state index in [2.05, 4.69) is 14.0 Å². The Morgan fingerprint density at radius 3 is 1.73 bits per heavy atom. The van der Waals surface area contributed by atoms with E-state index in [1.165, 1.54) is 28.4 Å². The quantitative estimate of drug-likeness (QED) is 0.724. The molecule has 0 saturated carbocycles.